The van der Waals surface area contributed by atoms with Gasteiger partial charge in [-0.25, -0.2) is 15.0 Å². The molecular formula is C31H32N6O2. The molecule has 0 radical (unpaired) electrons. The van der Waals surface area contributed by atoms with Crippen LogP contribution in [0.5, 0.6) is 5.75 Å². The van der Waals surface area contributed by atoms with E-state index in [9.17, 15) is 10.1 Å². The summed E-state index contributed by atoms with van der Waals surface area (Å²) in [5.74, 6) is 2.26. The third-order valence-corrected chi connectivity index (χ3v) is 7.38. The molecule has 0 saturated heterocycles. The SMILES string of the molecule is CCCCC1CCC1c1cc(=O)n(Cc2ccc(-c3ccccc3C#N)nc2)c(-c2ncc(OCC)cn2)n1. The lowest BCUT2D eigenvalue weighted by molar-refractivity contribution is 0.229. The average Bonchev–Trinajstić information content (AvgIpc) is 2.95. The summed E-state index contributed by atoms with van der Waals surface area (Å²) in [6.07, 6.45) is 10.7. The number of benzene rings is 1. The van der Waals surface area contributed by atoms with E-state index >= 15 is 0 Å². The van der Waals surface area contributed by atoms with Crippen molar-refractivity contribution < 1.29 is 4.74 Å². The number of ether oxygens (including phenoxy) is 1. The van der Waals surface area contributed by atoms with Crippen molar-refractivity contribution in [2.75, 3.05) is 6.61 Å². The predicted molar refractivity (Wildman–Crippen MR) is 149 cm³/mol. The number of rotatable bonds is 10. The first-order valence-corrected chi connectivity index (χ1v) is 13.6. The Morgan fingerprint density at radius 1 is 1.05 bits per heavy atom. The van der Waals surface area contributed by atoms with E-state index in [2.05, 4.69) is 27.9 Å². The molecule has 8 heteroatoms. The molecule has 0 N–H and O–H groups in total. The van der Waals surface area contributed by atoms with Crippen LogP contribution < -0.4 is 10.3 Å². The third kappa shape index (κ3) is 5.73. The van der Waals surface area contributed by atoms with Gasteiger partial charge < -0.3 is 4.74 Å². The smallest absolute Gasteiger partial charge is 0.254 e. The maximum Gasteiger partial charge on any atom is 0.254 e. The lowest BCUT2D eigenvalue weighted by Crippen LogP contribution is -2.30. The predicted octanol–water partition coefficient (Wildman–Crippen LogP) is 5.76. The van der Waals surface area contributed by atoms with E-state index in [0.717, 1.165) is 29.7 Å². The summed E-state index contributed by atoms with van der Waals surface area (Å²) in [6, 6.07) is 15.1. The molecule has 4 aromatic rings. The van der Waals surface area contributed by atoms with Crippen LogP contribution >= 0.6 is 0 Å². The largest absolute Gasteiger partial charge is 0.491 e. The number of aromatic nitrogens is 5. The van der Waals surface area contributed by atoms with Crippen LogP contribution in [0.2, 0.25) is 0 Å². The first-order valence-electron chi connectivity index (χ1n) is 13.6. The maximum absolute atomic E-state index is 13.5. The Kier molecular flexibility index (Phi) is 8.07. The zero-order valence-corrected chi connectivity index (χ0v) is 22.4. The van der Waals surface area contributed by atoms with E-state index in [1.807, 2.05) is 37.3 Å². The zero-order valence-electron chi connectivity index (χ0n) is 22.4. The van der Waals surface area contributed by atoms with Gasteiger partial charge in [-0.15, -0.1) is 0 Å². The molecule has 1 aromatic carbocycles. The molecule has 1 aliphatic rings. The number of hydrogen-bond acceptors (Lipinski definition) is 7. The van der Waals surface area contributed by atoms with E-state index in [1.54, 1.807) is 35.3 Å². The number of hydrogen-bond donors (Lipinski definition) is 0. The molecule has 1 saturated carbocycles. The van der Waals surface area contributed by atoms with Crippen molar-refractivity contribution >= 4 is 0 Å². The van der Waals surface area contributed by atoms with Crippen LogP contribution in [0.15, 0.2) is 65.8 Å². The van der Waals surface area contributed by atoms with Crippen LogP contribution in [-0.2, 0) is 6.54 Å². The van der Waals surface area contributed by atoms with Crippen molar-refractivity contribution in [2.45, 2.75) is 58.4 Å². The second kappa shape index (κ2) is 12.0. The minimum absolute atomic E-state index is 0.132. The molecular weight excluding hydrogens is 488 g/mol. The Balaban J connectivity index is 1.49. The molecule has 2 atom stereocenters. The van der Waals surface area contributed by atoms with Crippen molar-refractivity contribution in [3.8, 4) is 34.7 Å². The van der Waals surface area contributed by atoms with Gasteiger partial charge in [0, 0.05) is 23.7 Å². The monoisotopic (exact) mass is 520 g/mol. The summed E-state index contributed by atoms with van der Waals surface area (Å²) in [5.41, 5.74) is 3.58. The molecule has 1 fully saturated rings. The second-order valence-corrected chi connectivity index (χ2v) is 9.90. The van der Waals surface area contributed by atoms with E-state index < -0.39 is 0 Å². The topological polar surface area (TPSA) is 107 Å². The molecule has 3 aromatic heterocycles. The van der Waals surface area contributed by atoms with Gasteiger partial charge in [-0.05, 0) is 49.8 Å². The van der Waals surface area contributed by atoms with Gasteiger partial charge in [0.15, 0.2) is 17.4 Å². The lowest BCUT2D eigenvalue weighted by Gasteiger charge is -2.36. The first-order chi connectivity index (χ1) is 19.1. The van der Waals surface area contributed by atoms with Crippen molar-refractivity contribution in [1.29, 1.82) is 5.26 Å². The Bertz CT molecular complexity index is 1520. The van der Waals surface area contributed by atoms with Crippen LogP contribution in [0.4, 0.5) is 0 Å². The van der Waals surface area contributed by atoms with Crippen LogP contribution in [0, 0.1) is 17.2 Å². The molecule has 0 bridgehead atoms. The van der Waals surface area contributed by atoms with Gasteiger partial charge >= 0.3 is 0 Å². The minimum Gasteiger partial charge on any atom is -0.491 e. The van der Waals surface area contributed by atoms with Gasteiger partial charge in [-0.2, -0.15) is 5.26 Å². The highest BCUT2D eigenvalue weighted by molar-refractivity contribution is 5.67. The van der Waals surface area contributed by atoms with E-state index in [0.29, 0.717) is 47.1 Å². The summed E-state index contributed by atoms with van der Waals surface area (Å²) in [4.78, 5) is 32.1. The molecule has 0 amide bonds. The minimum atomic E-state index is -0.132. The van der Waals surface area contributed by atoms with E-state index in [1.165, 1.54) is 19.3 Å². The van der Waals surface area contributed by atoms with Crippen molar-refractivity contribution in [2.24, 2.45) is 5.92 Å². The first kappa shape index (κ1) is 26.2. The molecule has 8 nitrogen and oxygen atoms in total. The van der Waals surface area contributed by atoms with E-state index in [-0.39, 0.29) is 12.1 Å². The van der Waals surface area contributed by atoms with Crippen LogP contribution in [-0.4, -0.2) is 31.1 Å². The molecule has 3 heterocycles. The number of pyridine rings is 1. The Hall–Kier alpha value is -4.38. The quantitative estimate of drug-likeness (QED) is 0.261. The molecule has 1 aliphatic carbocycles. The summed E-state index contributed by atoms with van der Waals surface area (Å²) >= 11 is 0. The van der Waals surface area contributed by atoms with Crippen molar-refractivity contribution in [3.05, 3.63) is 88.2 Å². The fourth-order valence-corrected chi connectivity index (χ4v) is 5.14. The van der Waals surface area contributed by atoms with Crippen molar-refractivity contribution in [3.63, 3.8) is 0 Å². The van der Waals surface area contributed by atoms with E-state index in [4.69, 9.17) is 9.72 Å². The highest BCUT2D eigenvalue weighted by atomic mass is 16.5. The fraction of sp³-hybridized carbons (Fsp3) is 0.355. The van der Waals surface area contributed by atoms with Gasteiger partial charge in [-0.3, -0.25) is 14.3 Å². The highest BCUT2D eigenvalue weighted by Gasteiger charge is 2.33. The third-order valence-electron chi connectivity index (χ3n) is 7.38. The Labute approximate surface area is 228 Å². The molecule has 39 heavy (non-hydrogen) atoms. The highest BCUT2D eigenvalue weighted by Crippen LogP contribution is 2.44. The van der Waals surface area contributed by atoms with Gasteiger partial charge in [0.25, 0.3) is 5.56 Å². The molecule has 0 spiro atoms. The standard InChI is InChI=1S/C31H32N6O2/c1-3-5-8-22-12-13-26(22)28-15-29(38)37(31(36-28)30-34-18-24(19-35-30)39-4-2)20-21-11-14-27(33-17-21)25-10-7-6-9-23(25)16-32/h6-7,9-11,14-15,17-19,22,26H,3-5,8,12-13,20H2,1-2H3. The van der Waals surface area contributed by atoms with Gasteiger partial charge in [-0.1, -0.05) is 44.0 Å². The van der Waals surface area contributed by atoms with Crippen LogP contribution in [0.3, 0.4) is 0 Å². The molecule has 198 valence electrons. The number of unbranched alkanes of at least 4 members (excludes halogenated alkanes) is 1. The number of nitrogens with zero attached hydrogens (tertiary/aromatic N) is 6. The molecule has 5 rings (SSSR count). The normalized spacial score (nSPS) is 16.3. The van der Waals surface area contributed by atoms with Gasteiger partial charge in [0.05, 0.1) is 48.6 Å². The summed E-state index contributed by atoms with van der Waals surface area (Å²) in [7, 11) is 0. The average molecular weight is 521 g/mol. The zero-order chi connectivity index (χ0) is 27.2. The summed E-state index contributed by atoms with van der Waals surface area (Å²) in [5, 5.41) is 9.45. The van der Waals surface area contributed by atoms with Gasteiger partial charge in [0.2, 0.25) is 0 Å². The van der Waals surface area contributed by atoms with Crippen LogP contribution in [0.25, 0.3) is 22.9 Å². The van der Waals surface area contributed by atoms with Crippen LogP contribution in [0.1, 0.15) is 68.7 Å². The molecule has 2 unspecified atom stereocenters. The summed E-state index contributed by atoms with van der Waals surface area (Å²) < 4.78 is 7.12. The van der Waals surface area contributed by atoms with Gasteiger partial charge in [0.1, 0.15) is 0 Å². The molecule has 0 aliphatic heterocycles. The maximum atomic E-state index is 13.5. The Morgan fingerprint density at radius 3 is 2.54 bits per heavy atom. The Morgan fingerprint density at radius 2 is 1.87 bits per heavy atom. The fourth-order valence-electron chi connectivity index (χ4n) is 5.14. The second-order valence-electron chi connectivity index (χ2n) is 9.90. The summed E-state index contributed by atoms with van der Waals surface area (Å²) in [6.45, 7) is 4.90. The van der Waals surface area contributed by atoms with Crippen molar-refractivity contribution in [1.82, 2.24) is 24.5 Å². The lowest BCUT2D eigenvalue weighted by atomic mass is 9.69. The number of nitriles is 1.